The van der Waals surface area contributed by atoms with E-state index >= 15 is 0 Å². The van der Waals surface area contributed by atoms with Gasteiger partial charge >= 0.3 is 0 Å². The van der Waals surface area contributed by atoms with Crippen molar-refractivity contribution in [3.8, 4) is 0 Å². The van der Waals surface area contributed by atoms with Crippen LogP contribution in [-0.4, -0.2) is 28.7 Å². The number of non-ortho nitro benzene ring substituents is 1. The highest BCUT2D eigenvalue weighted by Crippen LogP contribution is 2.15. The van der Waals surface area contributed by atoms with Gasteiger partial charge in [0.2, 0.25) is 11.8 Å². The Morgan fingerprint density at radius 1 is 0.549 bits per heavy atom. The minimum Gasteiger partial charge on any atom is -0.286 e. The zero-order valence-electron chi connectivity index (χ0n) is 32.0. The summed E-state index contributed by atoms with van der Waals surface area (Å²) in [7, 11) is 1.51. The Balaban J connectivity index is 0.000000315. The van der Waals surface area contributed by atoms with Gasteiger partial charge in [-0.05, 0) is 65.6 Å². The zero-order valence-corrected chi connectivity index (χ0v) is 32.0. The van der Waals surface area contributed by atoms with Crippen LogP contribution in [0.4, 0.5) is 5.69 Å². The maximum atomic E-state index is 10.5. The number of nitro groups is 1. The van der Waals surface area contributed by atoms with Crippen molar-refractivity contribution in [3.63, 3.8) is 0 Å². The van der Waals surface area contributed by atoms with Crippen molar-refractivity contribution >= 4 is 28.3 Å². The number of amides is 2. The standard InChI is InChI=1S/C12H12.C9H12.C8H9NO2.C8H10.C5H7NO2.C3H8/c1-2-10-7-8-11-5-3-4-6-12(11)9-10;1-3-9-6-4-8(2)5-7-9;1-2-7-3-5-8(6-4-7)9(10)11;1-2-8-6-4-3-5-7-8;1-6-4(7)2-3-5(6)8;1-3-2/h3-9H,2H2,1H3;4-7H,3H2,1-2H3;3-6H,2H2,1H3;3-7H,2H2,1H3;2-3H2,1H3;3H2,1-2H3. The van der Waals surface area contributed by atoms with Gasteiger partial charge in [0.05, 0.1) is 4.92 Å². The number of aryl methyl sites for hydroxylation is 5. The maximum Gasteiger partial charge on any atom is 0.269 e. The molecule has 1 saturated heterocycles. The van der Waals surface area contributed by atoms with E-state index in [1.54, 1.807) is 12.1 Å². The lowest BCUT2D eigenvalue weighted by Gasteiger charge is -2.01. The molecule has 0 atom stereocenters. The molecule has 0 N–H and O–H groups in total. The summed E-state index contributed by atoms with van der Waals surface area (Å²) in [5.41, 5.74) is 6.85. The number of hydrogen-bond donors (Lipinski definition) is 0. The minimum atomic E-state index is -0.389. The molecule has 5 aromatic rings. The van der Waals surface area contributed by atoms with E-state index in [0.717, 1.165) is 31.2 Å². The predicted octanol–water partition coefficient (Wildman–Crippen LogP) is 11.5. The van der Waals surface area contributed by atoms with E-state index in [1.807, 2.05) is 13.0 Å². The lowest BCUT2D eigenvalue weighted by atomic mass is 10.1. The summed E-state index contributed by atoms with van der Waals surface area (Å²) in [6, 6.07) is 40.8. The highest BCUT2D eigenvalue weighted by atomic mass is 16.6. The van der Waals surface area contributed by atoms with Crippen molar-refractivity contribution < 1.29 is 14.5 Å². The first kappa shape index (κ1) is 43.9. The van der Waals surface area contributed by atoms with E-state index in [4.69, 9.17) is 0 Å². The van der Waals surface area contributed by atoms with Gasteiger partial charge in [0.25, 0.3) is 5.69 Å². The molecule has 0 saturated carbocycles. The number of carbonyl (C=O) groups is 2. The van der Waals surface area contributed by atoms with Crippen LogP contribution in [0.25, 0.3) is 10.8 Å². The molecule has 0 unspecified atom stereocenters. The van der Waals surface area contributed by atoms with Crippen LogP contribution in [0.5, 0.6) is 0 Å². The molecule has 6 heteroatoms. The number of nitrogens with zero attached hydrogens (tertiary/aromatic N) is 2. The van der Waals surface area contributed by atoms with Gasteiger partial charge in [0.15, 0.2) is 0 Å². The number of rotatable bonds is 5. The fraction of sp³-hybridized carbons (Fsp3) is 0.333. The first-order valence-corrected chi connectivity index (χ1v) is 18.1. The molecule has 0 aliphatic carbocycles. The van der Waals surface area contributed by atoms with E-state index in [1.165, 1.54) is 63.5 Å². The molecule has 6 nitrogen and oxygen atoms in total. The molecular formula is C45H58N2O4. The minimum absolute atomic E-state index is 0.0602. The van der Waals surface area contributed by atoms with E-state index in [2.05, 4.69) is 133 Å². The lowest BCUT2D eigenvalue weighted by Crippen LogP contribution is -2.23. The van der Waals surface area contributed by atoms with Crippen molar-refractivity contribution in [2.45, 2.75) is 93.4 Å². The molecule has 6 rings (SSSR count). The fourth-order valence-corrected chi connectivity index (χ4v) is 4.54. The lowest BCUT2D eigenvalue weighted by molar-refractivity contribution is -0.384. The molecule has 0 bridgehead atoms. The average molecular weight is 691 g/mol. The maximum absolute atomic E-state index is 10.5. The Morgan fingerprint density at radius 2 is 0.941 bits per heavy atom. The summed E-state index contributed by atoms with van der Waals surface area (Å²) in [4.78, 5) is 32.0. The second kappa shape index (κ2) is 25.8. The predicted molar refractivity (Wildman–Crippen MR) is 215 cm³/mol. The summed E-state index contributed by atoms with van der Waals surface area (Å²) in [6.07, 6.45) is 6.36. The van der Waals surface area contributed by atoms with Crippen molar-refractivity contribution in [1.82, 2.24) is 4.90 Å². The van der Waals surface area contributed by atoms with Crippen LogP contribution in [0.1, 0.15) is 88.6 Å². The first-order chi connectivity index (χ1) is 24.5. The highest BCUT2D eigenvalue weighted by molar-refractivity contribution is 6.01. The second-order valence-corrected chi connectivity index (χ2v) is 12.0. The van der Waals surface area contributed by atoms with Crippen molar-refractivity contribution in [3.05, 3.63) is 159 Å². The molecule has 1 heterocycles. The second-order valence-electron chi connectivity index (χ2n) is 12.0. The molecule has 51 heavy (non-hydrogen) atoms. The molecule has 1 aliphatic rings. The van der Waals surface area contributed by atoms with E-state index in [0.29, 0.717) is 12.8 Å². The largest absolute Gasteiger partial charge is 0.286 e. The summed E-state index contributed by atoms with van der Waals surface area (Å²) in [5, 5.41) is 12.9. The van der Waals surface area contributed by atoms with Gasteiger partial charge in [-0.1, -0.05) is 163 Å². The third kappa shape index (κ3) is 17.9. The average Bonchev–Trinajstić information content (AvgIpc) is 3.47. The molecule has 1 fully saturated rings. The van der Waals surface area contributed by atoms with Crippen molar-refractivity contribution in [1.29, 1.82) is 0 Å². The van der Waals surface area contributed by atoms with E-state index in [9.17, 15) is 19.7 Å². The van der Waals surface area contributed by atoms with Gasteiger partial charge in [-0.2, -0.15) is 0 Å². The summed E-state index contributed by atoms with van der Waals surface area (Å²) < 4.78 is 0. The van der Waals surface area contributed by atoms with Crippen LogP contribution in [-0.2, 0) is 35.3 Å². The van der Waals surface area contributed by atoms with Crippen LogP contribution in [0, 0.1) is 17.0 Å². The monoisotopic (exact) mass is 690 g/mol. The number of hydrogen-bond acceptors (Lipinski definition) is 4. The van der Waals surface area contributed by atoms with E-state index < -0.39 is 0 Å². The normalized spacial score (nSPS) is 11.2. The Kier molecular flexibility index (Phi) is 22.2. The summed E-state index contributed by atoms with van der Waals surface area (Å²) in [5.74, 6) is -0.120. The highest BCUT2D eigenvalue weighted by Gasteiger charge is 2.24. The van der Waals surface area contributed by atoms with Crippen molar-refractivity contribution in [2.24, 2.45) is 0 Å². The molecule has 0 radical (unpaired) electrons. The third-order valence-corrected chi connectivity index (χ3v) is 7.86. The van der Waals surface area contributed by atoms with Crippen molar-refractivity contribution in [2.75, 3.05) is 7.05 Å². The molecule has 5 aromatic carbocycles. The Morgan fingerprint density at radius 3 is 1.33 bits per heavy atom. The number of likely N-dealkylation sites (tertiary alicyclic amines) is 1. The molecule has 1 aliphatic heterocycles. The molecule has 0 spiro atoms. The van der Waals surface area contributed by atoms with Gasteiger partial charge in [0.1, 0.15) is 0 Å². The molecule has 2 amide bonds. The molecule has 272 valence electrons. The van der Waals surface area contributed by atoms with Gasteiger partial charge in [-0.3, -0.25) is 24.6 Å². The summed E-state index contributed by atoms with van der Waals surface area (Å²) >= 11 is 0. The topological polar surface area (TPSA) is 80.5 Å². The Bertz CT molecular complexity index is 1680. The van der Waals surface area contributed by atoms with Crippen LogP contribution < -0.4 is 0 Å². The third-order valence-electron chi connectivity index (χ3n) is 7.86. The molecule has 0 aromatic heterocycles. The van der Waals surface area contributed by atoms with Crippen LogP contribution >= 0.6 is 0 Å². The summed E-state index contributed by atoms with van der Waals surface area (Å²) in [6.45, 7) is 14.9. The Labute approximate surface area is 306 Å². The fourth-order valence-electron chi connectivity index (χ4n) is 4.54. The Hall–Kier alpha value is -5.10. The smallest absolute Gasteiger partial charge is 0.269 e. The van der Waals surface area contributed by atoms with Gasteiger partial charge in [-0.15, -0.1) is 0 Å². The van der Waals surface area contributed by atoms with Gasteiger partial charge in [-0.25, -0.2) is 0 Å². The van der Waals surface area contributed by atoms with Crippen LogP contribution in [0.15, 0.2) is 121 Å². The number of nitro benzene ring substituents is 1. The first-order valence-electron chi connectivity index (χ1n) is 18.1. The number of fused-ring (bicyclic) bond motifs is 1. The van der Waals surface area contributed by atoms with Crippen LogP contribution in [0.2, 0.25) is 0 Å². The van der Waals surface area contributed by atoms with Gasteiger partial charge in [0, 0.05) is 32.0 Å². The number of benzene rings is 5. The van der Waals surface area contributed by atoms with E-state index in [-0.39, 0.29) is 22.4 Å². The SMILES string of the molecule is CCC.CCc1ccc(C)cc1.CCc1ccc([N+](=O)[O-])cc1.CCc1ccc2ccccc2c1.CCc1ccccc1.CN1C(=O)CCC1=O. The van der Waals surface area contributed by atoms with Crippen LogP contribution in [0.3, 0.4) is 0 Å². The quantitative estimate of drug-likeness (QED) is 0.104. The van der Waals surface area contributed by atoms with Gasteiger partial charge < -0.3 is 0 Å². The molecular weight excluding hydrogens is 633 g/mol. The number of carbonyl (C=O) groups excluding carboxylic acids is 2. The number of imide groups is 1. The zero-order chi connectivity index (χ0) is 38.0.